The highest BCUT2D eigenvalue weighted by Crippen LogP contribution is 2.29. The highest BCUT2D eigenvalue weighted by atomic mass is 16.5. The van der Waals surface area contributed by atoms with Gasteiger partial charge >= 0.3 is 0 Å². The molecule has 2 heterocycles. The average Bonchev–Trinajstić information content (AvgIpc) is 2.69. The molecule has 5 nitrogen and oxygen atoms in total. The van der Waals surface area contributed by atoms with E-state index in [1.54, 1.807) is 0 Å². The van der Waals surface area contributed by atoms with Crippen molar-refractivity contribution < 1.29 is 4.74 Å². The van der Waals surface area contributed by atoms with E-state index in [0.717, 1.165) is 24.5 Å². The Morgan fingerprint density at radius 1 is 1.38 bits per heavy atom. The molecule has 21 heavy (non-hydrogen) atoms. The van der Waals surface area contributed by atoms with E-state index in [9.17, 15) is 0 Å². The monoisotopic (exact) mass is 286 g/mol. The van der Waals surface area contributed by atoms with E-state index in [-0.39, 0.29) is 6.04 Å². The van der Waals surface area contributed by atoms with Gasteiger partial charge in [-0.15, -0.1) is 0 Å². The maximum atomic E-state index is 6.07. The maximum Gasteiger partial charge on any atom is 0.123 e. The predicted octanol–water partition coefficient (Wildman–Crippen LogP) is 1.62. The molecule has 1 aliphatic rings. The minimum atomic E-state index is 0.174. The first-order chi connectivity index (χ1) is 10.2. The zero-order chi connectivity index (χ0) is 14.8. The summed E-state index contributed by atoms with van der Waals surface area (Å²) in [5.41, 5.74) is 9.54. The smallest absolute Gasteiger partial charge is 0.123 e. The Bertz CT molecular complexity index is 622. The molecule has 5 heteroatoms. The van der Waals surface area contributed by atoms with Crippen molar-refractivity contribution in [1.82, 2.24) is 14.7 Å². The lowest BCUT2D eigenvalue weighted by molar-refractivity contribution is 0.172. The number of ether oxygens (including phenoxy) is 1. The standard InChI is InChI=1S/C16H22N4O/c1-12-14(11-19(2)18-12)15(9-17)20-7-8-21-16-6-4-3-5-13(16)10-20/h3-6,11,15H,7-10,17H2,1-2H3. The van der Waals surface area contributed by atoms with Crippen LogP contribution in [0.2, 0.25) is 0 Å². The van der Waals surface area contributed by atoms with Gasteiger partial charge in [0.15, 0.2) is 0 Å². The highest BCUT2D eigenvalue weighted by molar-refractivity contribution is 5.34. The van der Waals surface area contributed by atoms with Gasteiger partial charge in [-0.3, -0.25) is 9.58 Å². The third-order valence-corrected chi connectivity index (χ3v) is 4.06. The molecular formula is C16H22N4O. The Balaban J connectivity index is 1.89. The van der Waals surface area contributed by atoms with Gasteiger partial charge < -0.3 is 10.5 Å². The van der Waals surface area contributed by atoms with Crippen molar-refractivity contribution in [2.45, 2.75) is 19.5 Å². The molecule has 0 spiro atoms. The average molecular weight is 286 g/mol. The molecule has 0 saturated carbocycles. The van der Waals surface area contributed by atoms with Gasteiger partial charge in [-0.05, 0) is 13.0 Å². The lowest BCUT2D eigenvalue weighted by atomic mass is 10.1. The zero-order valence-electron chi connectivity index (χ0n) is 12.6. The maximum absolute atomic E-state index is 6.07. The van der Waals surface area contributed by atoms with Gasteiger partial charge in [0.05, 0.1) is 11.7 Å². The number of aryl methyl sites for hydroxylation is 2. The van der Waals surface area contributed by atoms with Crippen LogP contribution in [-0.2, 0) is 13.6 Å². The minimum absolute atomic E-state index is 0.174. The highest BCUT2D eigenvalue weighted by Gasteiger charge is 2.25. The molecule has 2 aromatic rings. The van der Waals surface area contributed by atoms with Crippen molar-refractivity contribution in [3.05, 3.63) is 47.3 Å². The van der Waals surface area contributed by atoms with Gasteiger partial charge in [0.25, 0.3) is 0 Å². The summed E-state index contributed by atoms with van der Waals surface area (Å²) in [7, 11) is 1.95. The molecule has 2 N–H and O–H groups in total. The van der Waals surface area contributed by atoms with Crippen molar-refractivity contribution in [3.8, 4) is 5.75 Å². The van der Waals surface area contributed by atoms with E-state index in [4.69, 9.17) is 10.5 Å². The Hall–Kier alpha value is -1.85. The van der Waals surface area contributed by atoms with E-state index in [2.05, 4.69) is 28.3 Å². The van der Waals surface area contributed by atoms with Gasteiger partial charge in [0.2, 0.25) is 0 Å². The fourth-order valence-electron chi connectivity index (χ4n) is 3.03. The van der Waals surface area contributed by atoms with Gasteiger partial charge in [-0.1, -0.05) is 18.2 Å². The molecule has 1 aromatic carbocycles. The SMILES string of the molecule is Cc1nn(C)cc1C(CN)N1CCOc2ccccc2C1. The third-order valence-electron chi connectivity index (χ3n) is 4.06. The quantitative estimate of drug-likeness (QED) is 0.931. The van der Waals surface area contributed by atoms with Gasteiger partial charge in [0.1, 0.15) is 12.4 Å². The molecule has 1 atom stereocenters. The molecule has 0 bridgehead atoms. The molecule has 0 amide bonds. The first kappa shape index (κ1) is 14.1. The summed E-state index contributed by atoms with van der Waals surface area (Å²) in [6, 6.07) is 8.40. The summed E-state index contributed by atoms with van der Waals surface area (Å²) in [5.74, 6) is 0.985. The molecule has 1 unspecified atom stereocenters. The summed E-state index contributed by atoms with van der Waals surface area (Å²) < 4.78 is 7.70. The number of rotatable bonds is 3. The lowest BCUT2D eigenvalue weighted by Gasteiger charge is -2.29. The summed E-state index contributed by atoms with van der Waals surface area (Å²) in [6.07, 6.45) is 2.07. The number of para-hydroxylation sites is 1. The summed E-state index contributed by atoms with van der Waals surface area (Å²) in [4.78, 5) is 2.38. The number of hydrogen-bond acceptors (Lipinski definition) is 4. The second-order valence-electron chi connectivity index (χ2n) is 5.52. The van der Waals surface area contributed by atoms with E-state index >= 15 is 0 Å². The van der Waals surface area contributed by atoms with Crippen LogP contribution >= 0.6 is 0 Å². The summed E-state index contributed by atoms with van der Waals surface area (Å²) in [6.45, 7) is 5.03. The fourth-order valence-corrected chi connectivity index (χ4v) is 3.03. The molecule has 0 saturated heterocycles. The normalized spacial score (nSPS) is 16.9. The Labute approximate surface area is 125 Å². The second kappa shape index (κ2) is 5.87. The minimum Gasteiger partial charge on any atom is -0.492 e. The molecule has 3 rings (SSSR count). The van der Waals surface area contributed by atoms with Gasteiger partial charge in [-0.25, -0.2) is 0 Å². The topological polar surface area (TPSA) is 56.3 Å². The van der Waals surface area contributed by atoms with Crippen LogP contribution in [0.15, 0.2) is 30.5 Å². The Kier molecular flexibility index (Phi) is 3.94. The van der Waals surface area contributed by atoms with Crippen molar-refractivity contribution in [3.63, 3.8) is 0 Å². The number of benzene rings is 1. The molecule has 0 radical (unpaired) electrons. The van der Waals surface area contributed by atoms with Gasteiger partial charge in [-0.2, -0.15) is 5.10 Å². The number of nitrogens with zero attached hydrogens (tertiary/aromatic N) is 3. The number of nitrogens with two attached hydrogens (primary N) is 1. The number of hydrogen-bond donors (Lipinski definition) is 1. The van der Waals surface area contributed by atoms with Crippen molar-refractivity contribution >= 4 is 0 Å². The van der Waals surface area contributed by atoms with E-state index in [0.29, 0.717) is 13.2 Å². The van der Waals surface area contributed by atoms with Crippen LogP contribution in [-0.4, -0.2) is 34.4 Å². The van der Waals surface area contributed by atoms with Crippen molar-refractivity contribution in [2.24, 2.45) is 12.8 Å². The molecule has 0 aliphatic carbocycles. The van der Waals surface area contributed by atoms with Crippen LogP contribution in [0.25, 0.3) is 0 Å². The van der Waals surface area contributed by atoms with Crippen LogP contribution < -0.4 is 10.5 Å². The fraction of sp³-hybridized carbons (Fsp3) is 0.438. The second-order valence-corrected chi connectivity index (χ2v) is 5.52. The van der Waals surface area contributed by atoms with E-state index in [1.165, 1.54) is 11.1 Å². The van der Waals surface area contributed by atoms with Crippen molar-refractivity contribution in [2.75, 3.05) is 19.7 Å². The molecule has 1 aromatic heterocycles. The predicted molar refractivity (Wildman–Crippen MR) is 82.1 cm³/mol. The molecular weight excluding hydrogens is 264 g/mol. The van der Waals surface area contributed by atoms with Crippen LogP contribution in [0, 0.1) is 6.92 Å². The summed E-state index contributed by atoms with van der Waals surface area (Å²) in [5, 5.41) is 4.45. The van der Waals surface area contributed by atoms with Crippen molar-refractivity contribution in [1.29, 1.82) is 0 Å². The molecule has 112 valence electrons. The largest absolute Gasteiger partial charge is 0.492 e. The van der Waals surface area contributed by atoms with E-state index < -0.39 is 0 Å². The third kappa shape index (κ3) is 2.80. The van der Waals surface area contributed by atoms with Crippen LogP contribution in [0.1, 0.15) is 22.9 Å². The lowest BCUT2D eigenvalue weighted by Crippen LogP contribution is -2.35. The first-order valence-electron chi connectivity index (χ1n) is 7.34. The van der Waals surface area contributed by atoms with Gasteiger partial charge in [0, 0.05) is 44.0 Å². The van der Waals surface area contributed by atoms with E-state index in [1.807, 2.05) is 30.8 Å². The Morgan fingerprint density at radius 3 is 2.90 bits per heavy atom. The first-order valence-corrected chi connectivity index (χ1v) is 7.34. The number of fused-ring (bicyclic) bond motifs is 1. The molecule has 1 aliphatic heterocycles. The van der Waals surface area contributed by atoms with Crippen LogP contribution in [0.5, 0.6) is 5.75 Å². The molecule has 0 fully saturated rings. The summed E-state index contributed by atoms with van der Waals surface area (Å²) >= 11 is 0. The zero-order valence-corrected chi connectivity index (χ0v) is 12.6. The Morgan fingerprint density at radius 2 is 2.19 bits per heavy atom. The van der Waals surface area contributed by atoms with Crippen LogP contribution in [0.4, 0.5) is 0 Å². The van der Waals surface area contributed by atoms with Crippen LogP contribution in [0.3, 0.4) is 0 Å². The number of aromatic nitrogens is 2.